The summed E-state index contributed by atoms with van der Waals surface area (Å²) in [5, 5.41) is 16.0. The number of hydrogen-bond acceptors (Lipinski definition) is 5. The number of alkyl halides is 3. The topological polar surface area (TPSA) is 61.1 Å². The number of allylic oxidation sites excluding steroid dienone is 1. The van der Waals surface area contributed by atoms with E-state index in [0.717, 1.165) is 17.9 Å². The molecule has 0 aromatic carbocycles. The van der Waals surface area contributed by atoms with Gasteiger partial charge < -0.3 is 5.11 Å². The van der Waals surface area contributed by atoms with E-state index >= 15 is 0 Å². The van der Waals surface area contributed by atoms with E-state index in [9.17, 15) is 18.3 Å². The summed E-state index contributed by atoms with van der Waals surface area (Å²) < 4.78 is 38.5. The van der Waals surface area contributed by atoms with Gasteiger partial charge in [0, 0.05) is 18.5 Å². The Morgan fingerprint density at radius 3 is 2.73 bits per heavy atom. The van der Waals surface area contributed by atoms with Crippen molar-refractivity contribution >= 4 is 23.2 Å². The average molecular weight is 385 g/mol. The molecule has 2 atom stereocenters. The molecule has 9 heteroatoms. The molecule has 0 saturated heterocycles. The maximum Gasteiger partial charge on any atom is 0.442 e. The highest BCUT2D eigenvalue weighted by Gasteiger charge is 2.48. The van der Waals surface area contributed by atoms with Gasteiger partial charge in [0.25, 0.3) is 0 Å². The lowest BCUT2D eigenvalue weighted by molar-refractivity contribution is -0.113. The zero-order valence-corrected chi connectivity index (χ0v) is 14.4. The second-order valence-corrected chi connectivity index (χ2v) is 7.40. The minimum atomic E-state index is -4.50. The van der Waals surface area contributed by atoms with Crippen LogP contribution in [0.25, 0.3) is 0 Å². The first kappa shape index (κ1) is 17.5. The van der Waals surface area contributed by atoms with Crippen LogP contribution in [0.5, 0.6) is 0 Å². The molecule has 1 saturated carbocycles. The highest BCUT2D eigenvalue weighted by molar-refractivity contribution is 6.34. The van der Waals surface area contributed by atoms with E-state index in [-0.39, 0.29) is 13.0 Å². The molecule has 2 aliphatic heterocycles. The van der Waals surface area contributed by atoms with Crippen LogP contribution in [0.4, 0.5) is 13.2 Å². The van der Waals surface area contributed by atoms with Crippen LogP contribution in [0.1, 0.15) is 31.4 Å². The number of pyridine rings is 1. The van der Waals surface area contributed by atoms with Gasteiger partial charge in [-0.05, 0) is 24.5 Å². The molecule has 0 spiro atoms. The molecule has 4 rings (SSSR count). The fourth-order valence-electron chi connectivity index (χ4n) is 3.47. The minimum Gasteiger partial charge on any atom is -0.383 e. The van der Waals surface area contributed by atoms with Crippen molar-refractivity contribution in [2.45, 2.75) is 43.5 Å². The molecule has 2 unspecified atom stereocenters. The fourth-order valence-corrected chi connectivity index (χ4v) is 3.68. The molecule has 1 aromatic heterocycles. The van der Waals surface area contributed by atoms with Gasteiger partial charge in [0.15, 0.2) is 0 Å². The van der Waals surface area contributed by atoms with E-state index in [1.807, 2.05) is 5.87 Å². The van der Waals surface area contributed by atoms with E-state index in [2.05, 4.69) is 15.1 Å². The molecular formula is C17H16ClF3N4O. The monoisotopic (exact) mass is 384 g/mol. The average Bonchev–Trinajstić information content (AvgIpc) is 3.25. The number of aliphatic imine (C=N–C) groups is 1. The number of hydrazone groups is 1. The van der Waals surface area contributed by atoms with E-state index in [0.29, 0.717) is 28.8 Å². The molecule has 26 heavy (non-hydrogen) atoms. The summed E-state index contributed by atoms with van der Waals surface area (Å²) in [5.74, 6) is 2.32. The maximum atomic E-state index is 12.8. The Hall–Kier alpha value is -1.89. The Bertz CT molecular complexity index is 830. The second kappa shape index (κ2) is 6.08. The number of halogens is 4. The van der Waals surface area contributed by atoms with Crippen LogP contribution in [0.2, 0.25) is 5.02 Å². The summed E-state index contributed by atoms with van der Waals surface area (Å²) in [5.41, 5.74) is -1.40. The SMILES string of the molecule is OC1(CC2CC2)CC(CN2N=C=C2C(F)(F)F)N=C1c1ncccc1Cl. The van der Waals surface area contributed by atoms with Crippen LogP contribution in [0.3, 0.4) is 0 Å². The van der Waals surface area contributed by atoms with E-state index in [1.165, 1.54) is 0 Å². The van der Waals surface area contributed by atoms with Gasteiger partial charge in [-0.15, -0.1) is 5.10 Å². The molecule has 1 fully saturated rings. The van der Waals surface area contributed by atoms with Gasteiger partial charge in [0.05, 0.1) is 23.3 Å². The minimum absolute atomic E-state index is 0.0667. The lowest BCUT2D eigenvalue weighted by atomic mass is 9.86. The number of nitrogens with zero attached hydrogens (tertiary/aromatic N) is 4. The molecule has 0 radical (unpaired) electrons. The van der Waals surface area contributed by atoms with Crippen molar-refractivity contribution in [1.29, 1.82) is 0 Å². The van der Waals surface area contributed by atoms with Gasteiger partial charge in [0.2, 0.25) is 5.70 Å². The van der Waals surface area contributed by atoms with Crippen LogP contribution >= 0.6 is 11.6 Å². The largest absolute Gasteiger partial charge is 0.442 e. The van der Waals surface area contributed by atoms with Crippen molar-refractivity contribution in [2.24, 2.45) is 16.0 Å². The zero-order valence-electron chi connectivity index (χ0n) is 13.7. The number of aromatic nitrogens is 1. The van der Waals surface area contributed by atoms with Crippen molar-refractivity contribution in [3.8, 4) is 0 Å². The summed E-state index contributed by atoms with van der Waals surface area (Å²) in [6.07, 6.45) is -0.134. The Kier molecular flexibility index (Phi) is 4.10. The molecular weight excluding hydrogens is 369 g/mol. The first-order valence-corrected chi connectivity index (χ1v) is 8.74. The maximum absolute atomic E-state index is 12.8. The summed E-state index contributed by atoms with van der Waals surface area (Å²) in [6.45, 7) is -0.0667. The van der Waals surface area contributed by atoms with Crippen molar-refractivity contribution in [2.75, 3.05) is 6.54 Å². The molecule has 1 N–H and O–H groups in total. The third-order valence-electron chi connectivity index (χ3n) is 4.82. The molecule has 1 aliphatic carbocycles. The summed E-state index contributed by atoms with van der Waals surface area (Å²) in [4.78, 5) is 8.73. The molecule has 3 aliphatic rings. The summed E-state index contributed by atoms with van der Waals surface area (Å²) >= 11 is 6.21. The van der Waals surface area contributed by atoms with Crippen LogP contribution < -0.4 is 0 Å². The van der Waals surface area contributed by atoms with Crippen LogP contribution in [-0.2, 0) is 0 Å². The van der Waals surface area contributed by atoms with Crippen molar-refractivity contribution in [1.82, 2.24) is 9.99 Å². The van der Waals surface area contributed by atoms with Gasteiger partial charge >= 0.3 is 6.18 Å². The Morgan fingerprint density at radius 2 is 2.15 bits per heavy atom. The lowest BCUT2D eigenvalue weighted by Crippen LogP contribution is -2.40. The molecule has 0 amide bonds. The predicted molar refractivity (Wildman–Crippen MR) is 90.2 cm³/mol. The number of aliphatic hydroxyl groups is 1. The quantitative estimate of drug-likeness (QED) is 0.848. The summed E-state index contributed by atoms with van der Waals surface area (Å²) in [7, 11) is 0. The normalized spacial score (nSPS) is 28.0. The van der Waals surface area contributed by atoms with Crippen molar-refractivity contribution < 1.29 is 18.3 Å². The molecule has 5 nitrogen and oxygen atoms in total. The van der Waals surface area contributed by atoms with Crippen molar-refractivity contribution in [3.63, 3.8) is 0 Å². The van der Waals surface area contributed by atoms with E-state index in [1.54, 1.807) is 18.3 Å². The molecule has 138 valence electrons. The molecule has 3 heterocycles. The standard InChI is InChI=1S/C17H16ClF3N4O/c18-12-2-1-5-22-14(12)15-16(26,6-10-3-4-10)7-11(24-15)9-25-13(8-23-25)17(19,20)21/h1-2,5,10-11,26H,3-4,6-7,9H2. The highest BCUT2D eigenvalue weighted by atomic mass is 35.5. The molecule has 0 bridgehead atoms. The van der Waals surface area contributed by atoms with E-state index in [4.69, 9.17) is 11.6 Å². The van der Waals surface area contributed by atoms with Gasteiger partial charge in [-0.3, -0.25) is 9.98 Å². The van der Waals surface area contributed by atoms with Gasteiger partial charge in [-0.1, -0.05) is 24.4 Å². The predicted octanol–water partition coefficient (Wildman–Crippen LogP) is 3.17. The van der Waals surface area contributed by atoms with Gasteiger partial charge in [0.1, 0.15) is 11.3 Å². The van der Waals surface area contributed by atoms with Gasteiger partial charge in [-0.2, -0.15) is 13.2 Å². The van der Waals surface area contributed by atoms with E-state index < -0.39 is 23.5 Å². The third kappa shape index (κ3) is 3.24. The second-order valence-electron chi connectivity index (χ2n) is 6.99. The lowest BCUT2D eigenvalue weighted by Gasteiger charge is -2.28. The highest BCUT2D eigenvalue weighted by Crippen LogP contribution is 2.43. The number of rotatable bonds is 5. The van der Waals surface area contributed by atoms with Gasteiger partial charge in [-0.25, -0.2) is 5.01 Å². The fraction of sp³-hybridized carbons (Fsp3) is 0.529. The summed E-state index contributed by atoms with van der Waals surface area (Å²) in [6, 6.07) is 2.80. The first-order valence-electron chi connectivity index (χ1n) is 8.36. The van der Waals surface area contributed by atoms with Crippen LogP contribution in [0, 0.1) is 5.92 Å². The Labute approximate surface area is 152 Å². The number of hydrogen-bond donors (Lipinski definition) is 1. The van der Waals surface area contributed by atoms with Crippen molar-refractivity contribution in [3.05, 3.63) is 34.7 Å². The first-order chi connectivity index (χ1) is 12.3. The molecule has 1 aromatic rings. The van der Waals surface area contributed by atoms with Crippen LogP contribution in [-0.4, -0.2) is 51.0 Å². The zero-order chi connectivity index (χ0) is 18.5. The Morgan fingerprint density at radius 1 is 1.38 bits per heavy atom. The smallest absolute Gasteiger partial charge is 0.383 e. The van der Waals surface area contributed by atoms with Crippen LogP contribution in [0.15, 0.2) is 34.1 Å². The third-order valence-corrected chi connectivity index (χ3v) is 5.12. The Balaban J connectivity index is 1.58.